The fourth-order valence-electron chi connectivity index (χ4n) is 5.08. The Morgan fingerprint density at radius 1 is 0.886 bits per heavy atom. The second kappa shape index (κ2) is 14.8. The van der Waals surface area contributed by atoms with Gasteiger partial charge in [0.1, 0.15) is 0 Å². The van der Waals surface area contributed by atoms with E-state index in [2.05, 4.69) is 18.4 Å². The van der Waals surface area contributed by atoms with Crippen molar-refractivity contribution in [3.05, 3.63) is 150 Å². The highest BCUT2D eigenvalue weighted by Gasteiger charge is 2.49. The lowest BCUT2D eigenvalue weighted by Gasteiger charge is -2.42. The third-order valence-electron chi connectivity index (χ3n) is 7.24. The molecule has 0 saturated heterocycles. The van der Waals surface area contributed by atoms with Crippen LogP contribution in [0.5, 0.6) is 0 Å². The minimum atomic E-state index is -4.13. The van der Waals surface area contributed by atoms with Crippen LogP contribution in [0.2, 0.25) is 0 Å². The maximum absolute atomic E-state index is 14.6. The molecule has 0 aromatic heterocycles. The number of ether oxygens (including phenoxy) is 1. The first-order chi connectivity index (χ1) is 21.2. The van der Waals surface area contributed by atoms with E-state index >= 15 is 0 Å². The van der Waals surface area contributed by atoms with Crippen molar-refractivity contribution in [1.82, 2.24) is 4.31 Å². The van der Waals surface area contributed by atoms with Crippen LogP contribution in [0.25, 0.3) is 0 Å². The van der Waals surface area contributed by atoms with Gasteiger partial charge in [-0.15, -0.1) is 6.58 Å². The van der Waals surface area contributed by atoms with E-state index in [-0.39, 0.29) is 30.2 Å². The molecule has 4 aromatic rings. The molecule has 44 heavy (non-hydrogen) atoms. The maximum Gasteiger partial charge on any atom is 0.307 e. The molecule has 6 heteroatoms. The van der Waals surface area contributed by atoms with Gasteiger partial charge in [0.15, 0.2) is 0 Å². The smallest absolute Gasteiger partial charge is 0.307 e. The predicted octanol–water partition coefficient (Wildman–Crippen LogP) is 7.32. The lowest BCUT2D eigenvalue weighted by atomic mass is 9.82. The van der Waals surface area contributed by atoms with Crippen molar-refractivity contribution in [2.24, 2.45) is 5.92 Å². The van der Waals surface area contributed by atoms with Crippen molar-refractivity contribution >= 4 is 16.0 Å². The van der Waals surface area contributed by atoms with Crippen LogP contribution in [-0.4, -0.2) is 31.3 Å². The molecule has 0 spiro atoms. The summed E-state index contributed by atoms with van der Waals surface area (Å²) < 4.78 is 37.0. The van der Waals surface area contributed by atoms with E-state index in [1.165, 1.54) is 4.31 Å². The van der Waals surface area contributed by atoms with Gasteiger partial charge in [-0.25, -0.2) is 8.42 Å². The van der Waals surface area contributed by atoms with Crippen molar-refractivity contribution in [3.63, 3.8) is 0 Å². The molecule has 5 nitrogen and oxygen atoms in total. The standard InChI is InChI=1S/C38H39NO4S/c1-5-27-39(44(41,42)35-23-21-31(4)22-24-35)36(29-33-17-11-7-12-18-33)38(34-19-13-8-14-20-34,43-37(40)28-30(2)3)26-25-32-15-9-6-10-16-32/h5-24,30,36H,1,27-29H2,2-4H3/t36-,38?/m0/s1. The Labute approximate surface area is 262 Å². The molecule has 0 saturated carbocycles. The average Bonchev–Trinajstić information content (AvgIpc) is 3.02. The predicted molar refractivity (Wildman–Crippen MR) is 176 cm³/mol. The lowest BCUT2D eigenvalue weighted by molar-refractivity contribution is -0.160. The highest BCUT2D eigenvalue weighted by atomic mass is 32.2. The van der Waals surface area contributed by atoms with Crippen LogP contribution in [-0.2, 0) is 31.6 Å². The summed E-state index contributed by atoms with van der Waals surface area (Å²) in [6.07, 6.45) is 1.92. The normalized spacial score (nSPS) is 13.4. The van der Waals surface area contributed by atoms with Crippen LogP contribution < -0.4 is 0 Å². The van der Waals surface area contributed by atoms with E-state index in [9.17, 15) is 13.2 Å². The molecular formula is C38H39NO4S. The minimum absolute atomic E-state index is 0.0196. The van der Waals surface area contributed by atoms with Gasteiger partial charge in [0.25, 0.3) is 0 Å². The van der Waals surface area contributed by atoms with Crippen molar-refractivity contribution in [2.45, 2.75) is 50.2 Å². The van der Waals surface area contributed by atoms with Gasteiger partial charge in [-0.3, -0.25) is 4.79 Å². The Morgan fingerprint density at radius 3 is 2.02 bits per heavy atom. The van der Waals surface area contributed by atoms with Gasteiger partial charge in [0.2, 0.25) is 15.6 Å². The molecular weight excluding hydrogens is 566 g/mol. The molecule has 0 aliphatic carbocycles. The van der Waals surface area contributed by atoms with Crippen molar-refractivity contribution in [2.75, 3.05) is 6.54 Å². The monoisotopic (exact) mass is 605 g/mol. The van der Waals surface area contributed by atoms with Crippen molar-refractivity contribution < 1.29 is 17.9 Å². The zero-order valence-electron chi connectivity index (χ0n) is 25.5. The molecule has 0 amide bonds. The fraction of sp³-hybridized carbons (Fsp3) is 0.237. The molecule has 1 unspecified atom stereocenters. The summed E-state index contributed by atoms with van der Waals surface area (Å²) in [4.78, 5) is 13.8. The third-order valence-corrected chi connectivity index (χ3v) is 9.13. The summed E-state index contributed by atoms with van der Waals surface area (Å²) in [6, 6.07) is 34.0. The number of rotatable bonds is 12. The number of hydrogen-bond acceptors (Lipinski definition) is 4. The molecule has 4 aromatic carbocycles. The van der Waals surface area contributed by atoms with Gasteiger partial charge < -0.3 is 4.74 Å². The van der Waals surface area contributed by atoms with Gasteiger partial charge in [-0.1, -0.05) is 122 Å². The Kier molecular flexibility index (Phi) is 10.9. The first kappa shape index (κ1) is 32.5. The topological polar surface area (TPSA) is 63.7 Å². The molecule has 0 heterocycles. The molecule has 226 valence electrons. The first-order valence-corrected chi connectivity index (χ1v) is 16.2. The number of sulfonamides is 1. The molecule has 0 fully saturated rings. The molecule has 0 aliphatic rings. The average molecular weight is 606 g/mol. The molecule has 0 N–H and O–H groups in total. The number of nitrogens with zero attached hydrogens (tertiary/aromatic N) is 1. The lowest BCUT2D eigenvalue weighted by Crippen LogP contribution is -2.55. The Hall–Kier alpha value is -4.44. The minimum Gasteiger partial charge on any atom is -0.440 e. The van der Waals surface area contributed by atoms with Crippen LogP contribution in [0.15, 0.2) is 133 Å². The number of benzene rings is 4. The Balaban J connectivity index is 2.06. The quantitative estimate of drug-likeness (QED) is 0.0965. The summed E-state index contributed by atoms with van der Waals surface area (Å²) in [5, 5.41) is 0. The van der Waals surface area contributed by atoms with Gasteiger partial charge in [0.05, 0.1) is 10.9 Å². The zero-order chi connectivity index (χ0) is 31.6. The highest BCUT2D eigenvalue weighted by Crippen LogP contribution is 2.38. The van der Waals surface area contributed by atoms with Crippen molar-refractivity contribution in [1.29, 1.82) is 0 Å². The van der Waals surface area contributed by atoms with E-state index in [1.807, 2.05) is 112 Å². The summed E-state index contributed by atoms with van der Waals surface area (Å²) in [5.41, 5.74) is 1.42. The van der Waals surface area contributed by atoms with Crippen LogP contribution >= 0.6 is 0 Å². The highest BCUT2D eigenvalue weighted by molar-refractivity contribution is 7.89. The van der Waals surface area contributed by atoms with E-state index in [1.54, 1.807) is 30.3 Å². The molecule has 0 bridgehead atoms. The third kappa shape index (κ3) is 7.93. The van der Waals surface area contributed by atoms with Crippen LogP contribution in [0.3, 0.4) is 0 Å². The molecule has 0 aliphatic heterocycles. The van der Waals surface area contributed by atoms with Crippen LogP contribution in [0.4, 0.5) is 0 Å². The summed E-state index contributed by atoms with van der Waals surface area (Å²) in [5.74, 6) is 6.12. The van der Waals surface area contributed by atoms with Gasteiger partial charge in [-0.05, 0) is 55.0 Å². The second-order valence-electron chi connectivity index (χ2n) is 11.2. The zero-order valence-corrected chi connectivity index (χ0v) is 26.3. The van der Waals surface area contributed by atoms with E-state index < -0.39 is 27.6 Å². The Morgan fingerprint density at radius 2 is 1.45 bits per heavy atom. The molecule has 4 rings (SSSR count). The number of carbonyl (C=O) groups is 1. The van der Waals surface area contributed by atoms with E-state index in [0.717, 1.165) is 11.1 Å². The number of aryl methyl sites for hydroxylation is 1. The number of hydrogen-bond donors (Lipinski definition) is 0. The van der Waals surface area contributed by atoms with Crippen LogP contribution in [0, 0.1) is 24.7 Å². The maximum atomic E-state index is 14.6. The van der Waals surface area contributed by atoms with E-state index in [4.69, 9.17) is 4.74 Å². The van der Waals surface area contributed by atoms with Crippen LogP contribution in [0.1, 0.15) is 42.5 Å². The van der Waals surface area contributed by atoms with Gasteiger partial charge >= 0.3 is 5.97 Å². The summed E-state index contributed by atoms with van der Waals surface area (Å²) >= 11 is 0. The summed E-state index contributed by atoms with van der Waals surface area (Å²) in [6.45, 7) is 9.66. The van der Waals surface area contributed by atoms with Gasteiger partial charge in [0, 0.05) is 24.1 Å². The Bertz CT molecular complexity index is 1690. The number of esters is 1. The second-order valence-corrected chi connectivity index (χ2v) is 13.1. The van der Waals surface area contributed by atoms with E-state index in [0.29, 0.717) is 11.1 Å². The summed E-state index contributed by atoms with van der Waals surface area (Å²) in [7, 11) is -4.13. The largest absolute Gasteiger partial charge is 0.440 e. The molecule has 0 radical (unpaired) electrons. The first-order valence-electron chi connectivity index (χ1n) is 14.7. The SMILES string of the molecule is C=CCN([C@@H](Cc1ccccc1)C(C#Cc1ccccc1)(OC(=O)CC(C)C)c1ccccc1)S(=O)(=O)c1ccc(C)cc1. The molecule has 2 atom stereocenters. The number of carbonyl (C=O) groups excluding carboxylic acids is 1. The van der Waals surface area contributed by atoms with Crippen molar-refractivity contribution in [3.8, 4) is 11.8 Å². The fourth-order valence-corrected chi connectivity index (χ4v) is 6.69. The van der Waals surface area contributed by atoms with Gasteiger partial charge in [-0.2, -0.15) is 4.31 Å².